The Hall–Kier alpha value is -2.84. The molecule has 0 aliphatic carbocycles. The minimum absolute atomic E-state index is 0.103. The second kappa shape index (κ2) is 9.58. The van der Waals surface area contributed by atoms with E-state index in [0.717, 1.165) is 11.3 Å². The minimum atomic E-state index is -3.72. The van der Waals surface area contributed by atoms with Crippen LogP contribution in [-0.2, 0) is 20.6 Å². The average molecular weight is 428 g/mol. The molecular formula is C21H21N3O3S2. The van der Waals surface area contributed by atoms with Gasteiger partial charge in [-0.25, -0.2) is 8.42 Å². The first kappa shape index (κ1) is 20.9. The lowest BCUT2D eigenvalue weighted by Crippen LogP contribution is -2.22. The van der Waals surface area contributed by atoms with Crippen molar-refractivity contribution < 1.29 is 13.2 Å². The fourth-order valence-electron chi connectivity index (χ4n) is 2.47. The van der Waals surface area contributed by atoms with Gasteiger partial charge < -0.3 is 5.32 Å². The van der Waals surface area contributed by atoms with Crippen LogP contribution in [0.4, 0.5) is 11.4 Å². The molecule has 1 aromatic heterocycles. The van der Waals surface area contributed by atoms with Gasteiger partial charge in [-0.2, -0.15) is 0 Å². The highest BCUT2D eigenvalue weighted by Gasteiger charge is 2.16. The molecule has 2 N–H and O–H groups in total. The number of carbonyl (C=O) groups is 1. The standard InChI is InChI=1S/C21H21N3O3S2/c1-16(28-15-17-6-3-2-4-7-17)21(25)23-18-9-11-20(12-10-18)29(26,27)24-19-8-5-13-22-14-19/h2-14,16,24H,15H2,1H3,(H,23,25)/t16-/m1/s1. The summed E-state index contributed by atoms with van der Waals surface area (Å²) in [6.45, 7) is 1.85. The van der Waals surface area contributed by atoms with Crippen molar-refractivity contribution in [2.75, 3.05) is 10.0 Å². The fourth-order valence-corrected chi connectivity index (χ4v) is 4.36. The summed E-state index contributed by atoms with van der Waals surface area (Å²) >= 11 is 1.54. The Morgan fingerprint density at radius 3 is 2.38 bits per heavy atom. The quantitative estimate of drug-likeness (QED) is 0.564. The van der Waals surface area contributed by atoms with Crippen molar-refractivity contribution in [1.82, 2.24) is 4.98 Å². The zero-order valence-electron chi connectivity index (χ0n) is 15.8. The molecule has 0 bridgehead atoms. The molecule has 1 atom stereocenters. The van der Waals surface area contributed by atoms with Gasteiger partial charge in [-0.15, -0.1) is 11.8 Å². The molecule has 1 amide bonds. The number of hydrogen-bond acceptors (Lipinski definition) is 5. The maximum absolute atomic E-state index is 12.4. The molecule has 0 radical (unpaired) electrons. The van der Waals surface area contributed by atoms with Crippen LogP contribution in [0, 0.1) is 0 Å². The molecule has 0 aliphatic rings. The summed E-state index contributed by atoms with van der Waals surface area (Å²) in [5.74, 6) is 0.613. The van der Waals surface area contributed by atoms with E-state index in [1.54, 1.807) is 42.2 Å². The lowest BCUT2D eigenvalue weighted by atomic mass is 10.2. The first-order chi connectivity index (χ1) is 13.9. The van der Waals surface area contributed by atoms with Crippen LogP contribution in [0.2, 0.25) is 0 Å². The predicted molar refractivity (Wildman–Crippen MR) is 117 cm³/mol. The molecule has 0 aliphatic heterocycles. The highest BCUT2D eigenvalue weighted by atomic mass is 32.2. The largest absolute Gasteiger partial charge is 0.325 e. The highest BCUT2D eigenvalue weighted by Crippen LogP contribution is 2.21. The molecule has 0 saturated heterocycles. The van der Waals surface area contributed by atoms with Crippen LogP contribution in [0.1, 0.15) is 12.5 Å². The van der Waals surface area contributed by atoms with Crippen molar-refractivity contribution >= 4 is 39.1 Å². The monoisotopic (exact) mass is 427 g/mol. The molecule has 0 saturated carbocycles. The Morgan fingerprint density at radius 1 is 1.00 bits per heavy atom. The number of nitrogens with one attached hydrogen (secondary N) is 2. The molecular weight excluding hydrogens is 406 g/mol. The molecule has 8 heteroatoms. The second-order valence-electron chi connectivity index (χ2n) is 6.30. The van der Waals surface area contributed by atoms with Gasteiger partial charge in [-0.3, -0.25) is 14.5 Å². The van der Waals surface area contributed by atoms with Gasteiger partial charge in [-0.1, -0.05) is 30.3 Å². The molecule has 0 unspecified atom stereocenters. The Morgan fingerprint density at radius 2 is 1.72 bits per heavy atom. The number of rotatable bonds is 8. The van der Waals surface area contributed by atoms with Crippen LogP contribution >= 0.6 is 11.8 Å². The highest BCUT2D eigenvalue weighted by molar-refractivity contribution is 7.99. The third kappa shape index (κ3) is 6.07. The molecule has 150 valence electrons. The van der Waals surface area contributed by atoms with Crippen molar-refractivity contribution in [2.24, 2.45) is 0 Å². The zero-order valence-corrected chi connectivity index (χ0v) is 17.4. The van der Waals surface area contributed by atoms with E-state index in [1.807, 2.05) is 37.3 Å². The number of nitrogens with zero attached hydrogens (tertiary/aromatic N) is 1. The van der Waals surface area contributed by atoms with Crippen LogP contribution in [0.15, 0.2) is 84.0 Å². The summed E-state index contributed by atoms with van der Waals surface area (Å²) in [6.07, 6.45) is 3.00. The van der Waals surface area contributed by atoms with Crippen molar-refractivity contribution in [3.63, 3.8) is 0 Å². The Bertz CT molecular complexity index is 1040. The maximum Gasteiger partial charge on any atom is 0.261 e. The van der Waals surface area contributed by atoms with Gasteiger partial charge in [0, 0.05) is 17.6 Å². The number of carbonyl (C=O) groups excluding carboxylic acids is 1. The van der Waals surface area contributed by atoms with Gasteiger partial charge in [0.1, 0.15) is 0 Å². The molecule has 0 fully saturated rings. The predicted octanol–water partition coefficient (Wildman–Crippen LogP) is 4.14. The van der Waals surface area contributed by atoms with Crippen LogP contribution in [0.5, 0.6) is 0 Å². The third-order valence-corrected chi connectivity index (χ3v) is 6.67. The molecule has 0 spiro atoms. The number of benzene rings is 2. The lowest BCUT2D eigenvalue weighted by Gasteiger charge is -2.13. The summed E-state index contributed by atoms with van der Waals surface area (Å²) in [4.78, 5) is 16.4. The van der Waals surface area contributed by atoms with E-state index in [9.17, 15) is 13.2 Å². The molecule has 2 aromatic carbocycles. The second-order valence-corrected chi connectivity index (χ2v) is 9.31. The topological polar surface area (TPSA) is 88.2 Å². The van der Waals surface area contributed by atoms with Gasteiger partial charge in [0.2, 0.25) is 5.91 Å². The van der Waals surface area contributed by atoms with Gasteiger partial charge in [0.15, 0.2) is 0 Å². The van der Waals surface area contributed by atoms with Crippen molar-refractivity contribution in [3.05, 3.63) is 84.7 Å². The summed E-state index contributed by atoms with van der Waals surface area (Å²) in [5, 5.41) is 2.58. The van der Waals surface area contributed by atoms with Crippen LogP contribution in [0.3, 0.4) is 0 Å². The van der Waals surface area contributed by atoms with Gasteiger partial charge in [0.25, 0.3) is 10.0 Å². The number of pyridine rings is 1. The summed E-state index contributed by atoms with van der Waals surface area (Å²) in [7, 11) is -3.72. The number of amides is 1. The number of thioether (sulfide) groups is 1. The SMILES string of the molecule is C[C@@H](SCc1ccccc1)C(=O)Nc1ccc(S(=O)(=O)Nc2cccnc2)cc1. The van der Waals surface area contributed by atoms with Gasteiger partial charge in [0.05, 0.1) is 22.0 Å². The molecule has 3 rings (SSSR count). The summed E-state index contributed by atoms with van der Waals surface area (Å²) < 4.78 is 27.3. The summed E-state index contributed by atoms with van der Waals surface area (Å²) in [6, 6.07) is 19.3. The number of anilines is 2. The number of sulfonamides is 1. The maximum atomic E-state index is 12.4. The molecule has 29 heavy (non-hydrogen) atoms. The van der Waals surface area contributed by atoms with Crippen molar-refractivity contribution in [3.8, 4) is 0 Å². The third-order valence-electron chi connectivity index (χ3n) is 4.06. The van der Waals surface area contributed by atoms with E-state index in [0.29, 0.717) is 11.4 Å². The lowest BCUT2D eigenvalue weighted by molar-refractivity contribution is -0.115. The first-order valence-corrected chi connectivity index (χ1v) is 11.5. The van der Waals surface area contributed by atoms with Gasteiger partial charge in [-0.05, 0) is 48.9 Å². The first-order valence-electron chi connectivity index (χ1n) is 8.93. The summed E-state index contributed by atoms with van der Waals surface area (Å²) in [5.41, 5.74) is 2.09. The van der Waals surface area contributed by atoms with Crippen molar-refractivity contribution in [2.45, 2.75) is 22.8 Å². The van der Waals surface area contributed by atoms with E-state index in [4.69, 9.17) is 0 Å². The Kier molecular flexibility index (Phi) is 6.90. The normalized spacial score (nSPS) is 12.2. The van der Waals surface area contributed by atoms with Crippen LogP contribution in [0.25, 0.3) is 0 Å². The van der Waals surface area contributed by atoms with Crippen LogP contribution < -0.4 is 10.0 Å². The Balaban J connectivity index is 1.57. The smallest absolute Gasteiger partial charge is 0.261 e. The van der Waals surface area contributed by atoms with E-state index >= 15 is 0 Å². The molecule has 1 heterocycles. The van der Waals surface area contributed by atoms with Crippen molar-refractivity contribution in [1.29, 1.82) is 0 Å². The van der Waals surface area contributed by atoms with E-state index in [2.05, 4.69) is 15.0 Å². The molecule has 6 nitrogen and oxygen atoms in total. The van der Waals surface area contributed by atoms with Gasteiger partial charge >= 0.3 is 0 Å². The number of aromatic nitrogens is 1. The Labute approximate surface area is 174 Å². The van der Waals surface area contributed by atoms with E-state index in [-0.39, 0.29) is 16.1 Å². The minimum Gasteiger partial charge on any atom is -0.325 e. The fraction of sp³-hybridized carbons (Fsp3) is 0.143. The average Bonchev–Trinajstić information content (AvgIpc) is 2.73. The van der Waals surface area contributed by atoms with Crippen LogP contribution in [-0.4, -0.2) is 24.6 Å². The zero-order chi connectivity index (χ0) is 20.7. The van der Waals surface area contributed by atoms with E-state index < -0.39 is 10.0 Å². The number of hydrogen-bond donors (Lipinski definition) is 2. The molecule has 3 aromatic rings. The van der Waals surface area contributed by atoms with E-state index in [1.165, 1.54) is 18.3 Å².